The average Bonchev–Trinajstić information content (AvgIpc) is 1.86. The Kier molecular flexibility index (Phi) is 2.28. The third-order valence-corrected chi connectivity index (χ3v) is 2.21. The molecule has 0 aliphatic carbocycles. The molecule has 0 aromatic carbocycles. The van der Waals surface area contributed by atoms with Crippen molar-refractivity contribution in [2.75, 3.05) is 33.9 Å². The van der Waals surface area contributed by atoms with E-state index in [2.05, 4.69) is 11.8 Å². The maximum Gasteiger partial charge on any atom is 0.168 e. The molecule has 10 heavy (non-hydrogen) atoms. The van der Waals surface area contributed by atoms with E-state index in [9.17, 15) is 0 Å². The Hall–Kier alpha value is -0.120. The van der Waals surface area contributed by atoms with Crippen molar-refractivity contribution in [1.82, 2.24) is 4.90 Å². The summed E-state index contributed by atoms with van der Waals surface area (Å²) in [5.41, 5.74) is -0.116. The van der Waals surface area contributed by atoms with Crippen molar-refractivity contribution in [1.29, 1.82) is 0 Å². The highest BCUT2D eigenvalue weighted by molar-refractivity contribution is 4.85. The molecule has 0 radical (unpaired) electrons. The number of likely N-dealkylation sites (N-methyl/N-ethyl adjacent to an activating group) is 1. The van der Waals surface area contributed by atoms with E-state index < -0.39 is 0 Å². The summed E-state index contributed by atoms with van der Waals surface area (Å²) in [6.07, 6.45) is 0. The summed E-state index contributed by atoms with van der Waals surface area (Å²) in [6, 6.07) is 0. The Bertz CT molecular complexity index is 107. The van der Waals surface area contributed by atoms with E-state index in [4.69, 9.17) is 9.47 Å². The van der Waals surface area contributed by atoms with Crippen LogP contribution in [0.2, 0.25) is 0 Å². The molecular formula is C7H15NO2. The van der Waals surface area contributed by atoms with Crippen LogP contribution >= 0.6 is 0 Å². The molecule has 0 N–H and O–H groups in total. The highest BCUT2D eigenvalue weighted by atomic mass is 16.6. The van der Waals surface area contributed by atoms with Gasteiger partial charge >= 0.3 is 0 Å². The van der Waals surface area contributed by atoms with Crippen molar-refractivity contribution >= 4 is 0 Å². The molecule has 1 fully saturated rings. The molecule has 3 heteroatoms. The molecule has 1 aliphatic heterocycles. The van der Waals surface area contributed by atoms with Crippen LogP contribution in [0.15, 0.2) is 0 Å². The summed E-state index contributed by atoms with van der Waals surface area (Å²) >= 11 is 0. The van der Waals surface area contributed by atoms with Crippen LogP contribution in [0.5, 0.6) is 0 Å². The number of methoxy groups -OCH3 is 1. The molecule has 0 saturated carbocycles. The topological polar surface area (TPSA) is 21.7 Å². The molecule has 0 atom stereocenters. The second-order valence-electron chi connectivity index (χ2n) is 2.66. The van der Waals surface area contributed by atoms with E-state index in [0.717, 1.165) is 6.54 Å². The largest absolute Gasteiger partial charge is 0.372 e. The summed E-state index contributed by atoms with van der Waals surface area (Å²) in [4.78, 5) is 2.16. The van der Waals surface area contributed by atoms with Crippen LogP contribution in [0.25, 0.3) is 0 Å². The highest BCUT2D eigenvalue weighted by Crippen LogP contribution is 2.23. The fraction of sp³-hybridized carbons (Fsp3) is 1.00. The van der Waals surface area contributed by atoms with Gasteiger partial charge in [-0.1, -0.05) is 6.92 Å². The highest BCUT2D eigenvalue weighted by Gasteiger charge is 2.41. The minimum atomic E-state index is -0.116. The molecule has 1 aliphatic rings. The Balaban J connectivity index is 2.46. The number of rotatable bonds is 3. The second-order valence-corrected chi connectivity index (χ2v) is 2.66. The standard InChI is InChI=1S/C7H15NO2/c1-4-8(2)7(9-3)5-10-6-7/h4-6H2,1-3H3. The molecule has 0 unspecified atom stereocenters. The maximum atomic E-state index is 5.33. The number of hydrogen-bond acceptors (Lipinski definition) is 3. The molecule has 0 spiro atoms. The van der Waals surface area contributed by atoms with Crippen molar-refractivity contribution in [3.63, 3.8) is 0 Å². The molecule has 0 amide bonds. The molecule has 0 bridgehead atoms. The van der Waals surface area contributed by atoms with Gasteiger partial charge in [-0.25, -0.2) is 0 Å². The van der Waals surface area contributed by atoms with Gasteiger partial charge in [-0.3, -0.25) is 4.90 Å². The zero-order valence-corrected chi connectivity index (χ0v) is 6.89. The van der Waals surface area contributed by atoms with Crippen LogP contribution in [0.3, 0.4) is 0 Å². The van der Waals surface area contributed by atoms with E-state index >= 15 is 0 Å². The molecular weight excluding hydrogens is 130 g/mol. The van der Waals surface area contributed by atoms with E-state index in [-0.39, 0.29) is 5.72 Å². The number of ether oxygens (including phenoxy) is 2. The van der Waals surface area contributed by atoms with Gasteiger partial charge in [0.15, 0.2) is 5.72 Å². The van der Waals surface area contributed by atoms with Crippen molar-refractivity contribution < 1.29 is 9.47 Å². The summed E-state index contributed by atoms with van der Waals surface area (Å²) in [7, 11) is 3.78. The van der Waals surface area contributed by atoms with Gasteiger partial charge in [0, 0.05) is 7.11 Å². The quantitative estimate of drug-likeness (QED) is 0.533. The fourth-order valence-corrected chi connectivity index (χ4v) is 1.06. The summed E-state index contributed by atoms with van der Waals surface area (Å²) in [6.45, 7) is 4.51. The molecule has 1 heterocycles. The lowest BCUT2D eigenvalue weighted by molar-refractivity contribution is -0.265. The summed E-state index contributed by atoms with van der Waals surface area (Å²) < 4.78 is 10.4. The lowest BCUT2D eigenvalue weighted by Crippen LogP contribution is -2.62. The predicted molar refractivity (Wildman–Crippen MR) is 38.9 cm³/mol. The monoisotopic (exact) mass is 145 g/mol. The first-order chi connectivity index (χ1) is 4.75. The van der Waals surface area contributed by atoms with Gasteiger partial charge in [0.05, 0.1) is 13.2 Å². The van der Waals surface area contributed by atoms with Crippen LogP contribution in [0.1, 0.15) is 6.92 Å². The van der Waals surface area contributed by atoms with Crippen molar-refractivity contribution in [3.8, 4) is 0 Å². The molecule has 3 nitrogen and oxygen atoms in total. The SMILES string of the molecule is CCN(C)C1(OC)COC1. The van der Waals surface area contributed by atoms with Gasteiger partial charge in [-0.15, -0.1) is 0 Å². The number of hydrogen-bond donors (Lipinski definition) is 0. The van der Waals surface area contributed by atoms with Crippen LogP contribution in [-0.2, 0) is 9.47 Å². The van der Waals surface area contributed by atoms with E-state index in [1.807, 2.05) is 7.05 Å². The van der Waals surface area contributed by atoms with Crippen LogP contribution in [0, 0.1) is 0 Å². The number of nitrogens with zero attached hydrogens (tertiary/aromatic N) is 1. The van der Waals surface area contributed by atoms with Gasteiger partial charge < -0.3 is 9.47 Å². The lowest BCUT2D eigenvalue weighted by atomic mass is 10.1. The zero-order valence-electron chi connectivity index (χ0n) is 6.89. The van der Waals surface area contributed by atoms with E-state index in [1.54, 1.807) is 7.11 Å². The summed E-state index contributed by atoms with van der Waals surface area (Å²) in [5, 5.41) is 0. The maximum absolute atomic E-state index is 5.33. The predicted octanol–water partition coefficient (Wildman–Crippen LogP) is 0.311. The minimum Gasteiger partial charge on any atom is -0.372 e. The van der Waals surface area contributed by atoms with Crippen molar-refractivity contribution in [2.24, 2.45) is 0 Å². The molecule has 0 aromatic heterocycles. The Morgan fingerprint density at radius 3 is 2.30 bits per heavy atom. The van der Waals surface area contributed by atoms with Gasteiger partial charge in [0.1, 0.15) is 0 Å². The molecule has 0 aromatic rings. The third kappa shape index (κ3) is 1.05. The first-order valence-electron chi connectivity index (χ1n) is 3.59. The molecule has 1 rings (SSSR count). The zero-order chi connectivity index (χ0) is 7.61. The van der Waals surface area contributed by atoms with Gasteiger partial charge in [0.25, 0.3) is 0 Å². The van der Waals surface area contributed by atoms with E-state index in [0.29, 0.717) is 13.2 Å². The van der Waals surface area contributed by atoms with Crippen LogP contribution < -0.4 is 0 Å². The smallest absolute Gasteiger partial charge is 0.168 e. The Labute approximate surface area is 61.9 Å². The normalized spacial score (nSPS) is 22.8. The second kappa shape index (κ2) is 2.86. The third-order valence-electron chi connectivity index (χ3n) is 2.21. The summed E-state index contributed by atoms with van der Waals surface area (Å²) in [5.74, 6) is 0. The van der Waals surface area contributed by atoms with Crippen LogP contribution in [-0.4, -0.2) is 44.5 Å². The van der Waals surface area contributed by atoms with Crippen molar-refractivity contribution in [2.45, 2.75) is 12.6 Å². The van der Waals surface area contributed by atoms with E-state index in [1.165, 1.54) is 0 Å². The van der Waals surface area contributed by atoms with Gasteiger partial charge in [-0.05, 0) is 13.6 Å². The first kappa shape index (κ1) is 7.98. The molecule has 1 saturated heterocycles. The lowest BCUT2D eigenvalue weighted by Gasteiger charge is -2.46. The Morgan fingerprint density at radius 2 is 2.20 bits per heavy atom. The van der Waals surface area contributed by atoms with Crippen molar-refractivity contribution in [3.05, 3.63) is 0 Å². The van der Waals surface area contributed by atoms with Gasteiger partial charge in [-0.2, -0.15) is 0 Å². The Morgan fingerprint density at radius 1 is 1.60 bits per heavy atom. The van der Waals surface area contributed by atoms with Crippen LogP contribution in [0.4, 0.5) is 0 Å². The molecule has 60 valence electrons. The first-order valence-corrected chi connectivity index (χ1v) is 3.59. The minimum absolute atomic E-state index is 0.116. The fourth-order valence-electron chi connectivity index (χ4n) is 1.06. The average molecular weight is 145 g/mol. The van der Waals surface area contributed by atoms with Gasteiger partial charge in [0.2, 0.25) is 0 Å².